The molecule has 1 aromatic rings. The van der Waals surface area contributed by atoms with Crippen LogP contribution in [0.25, 0.3) is 0 Å². The van der Waals surface area contributed by atoms with E-state index in [-0.39, 0.29) is 11.3 Å². The fraction of sp³-hybridized carbons (Fsp3) is 0.533. The Bertz CT molecular complexity index is 524. The van der Waals surface area contributed by atoms with Gasteiger partial charge in [-0.1, -0.05) is 0 Å². The highest BCUT2D eigenvalue weighted by atomic mass is 16.5. The Balaban J connectivity index is 1.80. The third-order valence-corrected chi connectivity index (χ3v) is 4.31. The molecule has 1 amide bonds. The largest absolute Gasteiger partial charge is 0.493 e. The van der Waals surface area contributed by atoms with Gasteiger partial charge in [-0.3, -0.25) is 4.79 Å². The monoisotopic (exact) mass is 276 g/mol. The van der Waals surface area contributed by atoms with E-state index in [4.69, 9.17) is 9.47 Å². The summed E-state index contributed by atoms with van der Waals surface area (Å²) in [4.78, 5) is 14.3. The maximum absolute atomic E-state index is 12.5. The number of ether oxygens (including phenoxy) is 2. The second kappa shape index (κ2) is 4.98. The van der Waals surface area contributed by atoms with Gasteiger partial charge in [0, 0.05) is 24.8 Å². The number of hydrogen-bond donors (Lipinski definition) is 1. The second-order valence-electron chi connectivity index (χ2n) is 5.49. The first kappa shape index (κ1) is 13.2. The predicted molar refractivity (Wildman–Crippen MR) is 76.4 cm³/mol. The number of nitrogens with zero attached hydrogens (tertiary/aromatic N) is 1. The second-order valence-corrected chi connectivity index (χ2v) is 5.49. The lowest BCUT2D eigenvalue weighted by Gasteiger charge is -2.50. The summed E-state index contributed by atoms with van der Waals surface area (Å²) in [6, 6.07) is 5.60. The van der Waals surface area contributed by atoms with Crippen LogP contribution < -0.4 is 19.7 Å². The zero-order chi connectivity index (χ0) is 14.2. The third-order valence-electron chi connectivity index (χ3n) is 4.31. The van der Waals surface area contributed by atoms with Gasteiger partial charge in [0.1, 0.15) is 0 Å². The molecule has 2 fully saturated rings. The minimum absolute atomic E-state index is 0.175. The molecule has 2 heterocycles. The molecule has 1 N–H and O–H groups in total. The minimum atomic E-state index is -0.175. The first-order chi connectivity index (χ1) is 9.70. The van der Waals surface area contributed by atoms with Crippen molar-refractivity contribution >= 4 is 11.6 Å². The SMILES string of the molecule is COc1ccc(N2CC3(CCCNC3)C2=O)cc1OC. The number of carbonyl (C=O) groups excluding carboxylic acids is 1. The van der Waals surface area contributed by atoms with Crippen molar-refractivity contribution in [2.45, 2.75) is 12.8 Å². The zero-order valence-electron chi connectivity index (χ0n) is 11.9. The van der Waals surface area contributed by atoms with E-state index in [1.807, 2.05) is 23.1 Å². The van der Waals surface area contributed by atoms with Gasteiger partial charge in [-0.15, -0.1) is 0 Å². The van der Waals surface area contributed by atoms with Crippen molar-refractivity contribution in [3.8, 4) is 11.5 Å². The van der Waals surface area contributed by atoms with Crippen LogP contribution in [0.5, 0.6) is 11.5 Å². The van der Waals surface area contributed by atoms with E-state index in [1.54, 1.807) is 14.2 Å². The highest BCUT2D eigenvalue weighted by Crippen LogP contribution is 2.42. The van der Waals surface area contributed by atoms with Crippen LogP contribution in [0.2, 0.25) is 0 Å². The molecule has 3 rings (SSSR count). The van der Waals surface area contributed by atoms with E-state index in [9.17, 15) is 4.79 Å². The third kappa shape index (κ3) is 1.93. The highest BCUT2D eigenvalue weighted by Gasteiger charge is 2.52. The molecule has 1 atom stereocenters. The Morgan fingerprint density at radius 2 is 2.05 bits per heavy atom. The van der Waals surface area contributed by atoms with Gasteiger partial charge >= 0.3 is 0 Å². The summed E-state index contributed by atoms with van der Waals surface area (Å²) in [5.41, 5.74) is 0.703. The molecule has 5 nitrogen and oxygen atoms in total. The van der Waals surface area contributed by atoms with Crippen LogP contribution in [0.3, 0.4) is 0 Å². The number of β-lactam (4-membered cyclic amide) rings is 1. The fourth-order valence-corrected chi connectivity index (χ4v) is 3.12. The summed E-state index contributed by atoms with van der Waals surface area (Å²) in [7, 11) is 3.21. The summed E-state index contributed by atoms with van der Waals surface area (Å²) < 4.78 is 10.5. The van der Waals surface area contributed by atoms with Crippen LogP contribution >= 0.6 is 0 Å². The van der Waals surface area contributed by atoms with Crippen molar-refractivity contribution in [3.63, 3.8) is 0 Å². The van der Waals surface area contributed by atoms with Gasteiger partial charge in [0.15, 0.2) is 11.5 Å². The molecular weight excluding hydrogens is 256 g/mol. The van der Waals surface area contributed by atoms with Crippen LogP contribution in [0.4, 0.5) is 5.69 Å². The van der Waals surface area contributed by atoms with E-state index < -0.39 is 0 Å². The molecule has 20 heavy (non-hydrogen) atoms. The van der Waals surface area contributed by atoms with Crippen LogP contribution in [-0.4, -0.2) is 39.8 Å². The van der Waals surface area contributed by atoms with Gasteiger partial charge in [-0.25, -0.2) is 0 Å². The van der Waals surface area contributed by atoms with Crippen LogP contribution in [0.15, 0.2) is 18.2 Å². The summed E-state index contributed by atoms with van der Waals surface area (Å²) in [6.45, 7) is 2.61. The van der Waals surface area contributed by atoms with E-state index >= 15 is 0 Å². The number of carbonyl (C=O) groups is 1. The van der Waals surface area contributed by atoms with Gasteiger partial charge in [0.2, 0.25) is 5.91 Å². The van der Waals surface area contributed by atoms with Crippen LogP contribution in [0, 0.1) is 5.41 Å². The molecule has 0 saturated carbocycles. The van der Waals surface area contributed by atoms with Crippen LogP contribution in [0.1, 0.15) is 12.8 Å². The summed E-state index contributed by atoms with van der Waals surface area (Å²) >= 11 is 0. The number of methoxy groups -OCH3 is 2. The summed E-state index contributed by atoms with van der Waals surface area (Å²) in [6.07, 6.45) is 2.06. The Morgan fingerprint density at radius 3 is 2.65 bits per heavy atom. The molecule has 2 aliphatic heterocycles. The summed E-state index contributed by atoms with van der Waals surface area (Å²) in [5.74, 6) is 1.55. The van der Waals surface area contributed by atoms with Gasteiger partial charge in [-0.05, 0) is 31.5 Å². The topological polar surface area (TPSA) is 50.8 Å². The van der Waals surface area contributed by atoms with Crippen molar-refractivity contribution in [3.05, 3.63) is 18.2 Å². The normalized spacial score (nSPS) is 25.5. The van der Waals surface area contributed by atoms with E-state index in [0.717, 1.165) is 38.2 Å². The van der Waals surface area contributed by atoms with E-state index in [2.05, 4.69) is 5.32 Å². The first-order valence-corrected chi connectivity index (χ1v) is 6.95. The van der Waals surface area contributed by atoms with Gasteiger partial charge < -0.3 is 19.7 Å². The average Bonchev–Trinajstić information content (AvgIpc) is 2.52. The number of nitrogens with one attached hydrogen (secondary N) is 1. The molecule has 0 aliphatic carbocycles. The van der Waals surface area contributed by atoms with Crippen molar-refractivity contribution in [2.24, 2.45) is 5.41 Å². The number of rotatable bonds is 3. The zero-order valence-corrected chi connectivity index (χ0v) is 11.9. The van der Waals surface area contributed by atoms with Crippen molar-refractivity contribution < 1.29 is 14.3 Å². The number of hydrogen-bond acceptors (Lipinski definition) is 4. The van der Waals surface area contributed by atoms with E-state index in [1.165, 1.54) is 0 Å². The smallest absolute Gasteiger partial charge is 0.236 e. The molecule has 2 saturated heterocycles. The minimum Gasteiger partial charge on any atom is -0.493 e. The van der Waals surface area contributed by atoms with Crippen molar-refractivity contribution in [2.75, 3.05) is 38.8 Å². The molecule has 2 aliphatic rings. The average molecular weight is 276 g/mol. The molecule has 1 spiro atoms. The lowest BCUT2D eigenvalue weighted by atomic mass is 9.73. The number of anilines is 1. The molecular formula is C15H20N2O3. The fourth-order valence-electron chi connectivity index (χ4n) is 3.12. The van der Waals surface area contributed by atoms with E-state index in [0.29, 0.717) is 11.5 Å². The Morgan fingerprint density at radius 1 is 1.25 bits per heavy atom. The Labute approximate surface area is 118 Å². The Hall–Kier alpha value is -1.75. The number of piperidine rings is 1. The Kier molecular flexibility index (Phi) is 3.30. The molecule has 0 bridgehead atoms. The van der Waals surface area contributed by atoms with Gasteiger partial charge in [0.05, 0.1) is 19.6 Å². The molecule has 1 unspecified atom stereocenters. The molecule has 1 aromatic carbocycles. The maximum Gasteiger partial charge on any atom is 0.236 e. The summed E-state index contributed by atoms with van der Waals surface area (Å²) in [5, 5.41) is 3.33. The molecule has 0 aromatic heterocycles. The first-order valence-electron chi connectivity index (χ1n) is 6.95. The maximum atomic E-state index is 12.5. The quantitative estimate of drug-likeness (QED) is 0.848. The predicted octanol–water partition coefficient (Wildman–Crippen LogP) is 1.42. The lowest BCUT2D eigenvalue weighted by molar-refractivity contribution is -0.136. The number of amides is 1. The highest BCUT2D eigenvalue weighted by molar-refractivity contribution is 6.05. The van der Waals surface area contributed by atoms with Gasteiger partial charge in [-0.2, -0.15) is 0 Å². The molecule has 108 valence electrons. The van der Waals surface area contributed by atoms with Gasteiger partial charge in [0.25, 0.3) is 0 Å². The standard InChI is InChI=1S/C15H20N2O3/c1-19-12-5-4-11(8-13(12)20-2)17-10-15(14(17)18)6-3-7-16-9-15/h4-5,8,16H,3,6-7,9-10H2,1-2H3. The van der Waals surface area contributed by atoms with Crippen molar-refractivity contribution in [1.29, 1.82) is 0 Å². The molecule has 0 radical (unpaired) electrons. The molecule has 5 heteroatoms. The number of benzene rings is 1. The lowest BCUT2D eigenvalue weighted by Crippen LogP contribution is -2.66. The van der Waals surface area contributed by atoms with Crippen LogP contribution in [-0.2, 0) is 4.79 Å². The van der Waals surface area contributed by atoms with Crippen molar-refractivity contribution in [1.82, 2.24) is 5.32 Å².